The Hall–Kier alpha value is -2.37. The predicted molar refractivity (Wildman–Crippen MR) is 104 cm³/mol. The summed E-state index contributed by atoms with van der Waals surface area (Å²) in [5, 5.41) is 4.87. The number of aromatic nitrogens is 2. The molecular weight excluding hydrogens is 385 g/mol. The number of rotatable bonds is 3. The monoisotopic (exact) mass is 401 g/mol. The SMILES string of the molecule is Cc1ccc(-c2noc(C3CCCN3C(=O)c3ccc(Cl)c(Cl)c3)n2)cc1. The minimum atomic E-state index is -0.237. The number of carbonyl (C=O) groups is 1. The summed E-state index contributed by atoms with van der Waals surface area (Å²) in [6, 6.07) is 12.6. The number of likely N-dealkylation sites (tertiary alicyclic amines) is 1. The molecule has 1 saturated heterocycles. The molecule has 138 valence electrons. The lowest BCUT2D eigenvalue weighted by molar-refractivity contribution is 0.0710. The molecule has 27 heavy (non-hydrogen) atoms. The van der Waals surface area contributed by atoms with Gasteiger partial charge in [-0.1, -0.05) is 58.2 Å². The van der Waals surface area contributed by atoms with Crippen molar-refractivity contribution in [3.8, 4) is 11.4 Å². The molecule has 0 aliphatic carbocycles. The average Bonchev–Trinajstić information content (AvgIpc) is 3.33. The van der Waals surface area contributed by atoms with Crippen molar-refractivity contribution in [1.29, 1.82) is 0 Å². The van der Waals surface area contributed by atoms with Gasteiger partial charge < -0.3 is 9.42 Å². The Morgan fingerprint density at radius 1 is 1.15 bits per heavy atom. The third-order valence-corrected chi connectivity index (χ3v) is 5.46. The second-order valence-corrected chi connectivity index (χ2v) is 7.42. The van der Waals surface area contributed by atoms with Gasteiger partial charge in [0.05, 0.1) is 10.0 Å². The van der Waals surface area contributed by atoms with Crippen molar-refractivity contribution in [2.45, 2.75) is 25.8 Å². The molecule has 4 rings (SSSR count). The smallest absolute Gasteiger partial charge is 0.254 e. The maximum absolute atomic E-state index is 12.9. The van der Waals surface area contributed by atoms with Crippen LogP contribution in [0.5, 0.6) is 0 Å². The summed E-state index contributed by atoms with van der Waals surface area (Å²) in [7, 11) is 0. The Labute approximate surface area is 166 Å². The molecule has 2 aromatic carbocycles. The standard InChI is InChI=1S/C20H17Cl2N3O2/c1-12-4-6-13(7-5-12)18-23-19(27-24-18)17-3-2-10-25(17)20(26)14-8-9-15(21)16(22)11-14/h4-9,11,17H,2-3,10H2,1H3. The molecule has 1 amide bonds. The summed E-state index contributed by atoms with van der Waals surface area (Å²) in [4.78, 5) is 19.2. The van der Waals surface area contributed by atoms with E-state index < -0.39 is 0 Å². The Kier molecular flexibility index (Phi) is 4.89. The zero-order valence-electron chi connectivity index (χ0n) is 14.7. The van der Waals surface area contributed by atoms with E-state index in [-0.39, 0.29) is 11.9 Å². The van der Waals surface area contributed by atoms with Gasteiger partial charge in [0.2, 0.25) is 11.7 Å². The van der Waals surface area contributed by atoms with E-state index in [1.165, 1.54) is 0 Å². The largest absolute Gasteiger partial charge is 0.337 e. The summed E-state index contributed by atoms with van der Waals surface area (Å²) in [5.41, 5.74) is 2.54. The fourth-order valence-electron chi connectivity index (χ4n) is 3.25. The van der Waals surface area contributed by atoms with Gasteiger partial charge >= 0.3 is 0 Å². The van der Waals surface area contributed by atoms with E-state index >= 15 is 0 Å². The first kappa shape index (κ1) is 18.0. The van der Waals surface area contributed by atoms with Gasteiger partial charge in [-0.15, -0.1) is 0 Å². The van der Waals surface area contributed by atoms with Crippen LogP contribution in [-0.4, -0.2) is 27.5 Å². The number of benzene rings is 2. The number of aryl methyl sites for hydroxylation is 1. The van der Waals surface area contributed by atoms with E-state index in [1.54, 1.807) is 23.1 Å². The lowest BCUT2D eigenvalue weighted by atomic mass is 10.1. The summed E-state index contributed by atoms with van der Waals surface area (Å²) in [5.74, 6) is 0.862. The molecular formula is C20H17Cl2N3O2. The Morgan fingerprint density at radius 3 is 2.67 bits per heavy atom. The van der Waals surface area contributed by atoms with Crippen LogP contribution >= 0.6 is 23.2 Å². The quantitative estimate of drug-likeness (QED) is 0.594. The van der Waals surface area contributed by atoms with Gasteiger partial charge in [-0.2, -0.15) is 4.98 Å². The van der Waals surface area contributed by atoms with E-state index in [1.807, 2.05) is 31.2 Å². The van der Waals surface area contributed by atoms with E-state index in [4.69, 9.17) is 27.7 Å². The molecule has 0 N–H and O–H groups in total. The zero-order valence-corrected chi connectivity index (χ0v) is 16.2. The topological polar surface area (TPSA) is 59.2 Å². The number of hydrogen-bond donors (Lipinski definition) is 0. The highest BCUT2D eigenvalue weighted by atomic mass is 35.5. The van der Waals surface area contributed by atoms with E-state index in [9.17, 15) is 4.79 Å². The second kappa shape index (κ2) is 7.33. The summed E-state index contributed by atoms with van der Waals surface area (Å²) < 4.78 is 5.49. The number of amides is 1. The van der Waals surface area contributed by atoms with E-state index in [0.29, 0.717) is 33.9 Å². The minimum Gasteiger partial charge on any atom is -0.337 e. The van der Waals surface area contributed by atoms with Gasteiger partial charge in [0.25, 0.3) is 5.91 Å². The van der Waals surface area contributed by atoms with Gasteiger partial charge in [0.15, 0.2) is 0 Å². The van der Waals surface area contributed by atoms with Crippen molar-refractivity contribution in [3.63, 3.8) is 0 Å². The van der Waals surface area contributed by atoms with Crippen LogP contribution in [-0.2, 0) is 0 Å². The van der Waals surface area contributed by atoms with Crippen LogP contribution in [0.3, 0.4) is 0 Å². The number of hydrogen-bond acceptors (Lipinski definition) is 4. The average molecular weight is 402 g/mol. The first-order valence-corrected chi connectivity index (χ1v) is 9.45. The molecule has 1 aliphatic rings. The first-order valence-electron chi connectivity index (χ1n) is 8.69. The van der Waals surface area contributed by atoms with Crippen molar-refractivity contribution in [2.75, 3.05) is 6.54 Å². The normalized spacial score (nSPS) is 16.7. The maximum Gasteiger partial charge on any atom is 0.254 e. The lowest BCUT2D eigenvalue weighted by Gasteiger charge is -2.22. The number of halogens is 2. The van der Waals surface area contributed by atoms with Gasteiger partial charge in [-0.25, -0.2) is 0 Å². The molecule has 0 bridgehead atoms. The van der Waals surface area contributed by atoms with Crippen LogP contribution in [0.4, 0.5) is 0 Å². The van der Waals surface area contributed by atoms with Crippen LogP contribution in [0, 0.1) is 6.92 Å². The van der Waals surface area contributed by atoms with Crippen LogP contribution in [0.2, 0.25) is 10.0 Å². The fourth-order valence-corrected chi connectivity index (χ4v) is 3.55. The van der Waals surface area contributed by atoms with E-state index in [2.05, 4.69) is 10.1 Å². The fraction of sp³-hybridized carbons (Fsp3) is 0.250. The van der Waals surface area contributed by atoms with Gasteiger partial charge in [0, 0.05) is 17.7 Å². The molecule has 2 heterocycles. The zero-order chi connectivity index (χ0) is 19.0. The molecule has 0 saturated carbocycles. The molecule has 1 aromatic heterocycles. The third kappa shape index (κ3) is 3.57. The first-order chi connectivity index (χ1) is 13.0. The molecule has 0 spiro atoms. The highest BCUT2D eigenvalue weighted by Crippen LogP contribution is 2.34. The third-order valence-electron chi connectivity index (χ3n) is 4.72. The molecule has 7 heteroatoms. The lowest BCUT2D eigenvalue weighted by Crippen LogP contribution is -2.30. The van der Waals surface area contributed by atoms with Gasteiger partial charge in [0.1, 0.15) is 6.04 Å². The Morgan fingerprint density at radius 2 is 1.93 bits per heavy atom. The summed E-state index contributed by atoms with van der Waals surface area (Å²) in [6.07, 6.45) is 1.66. The molecule has 1 atom stereocenters. The highest BCUT2D eigenvalue weighted by Gasteiger charge is 2.34. The van der Waals surface area contributed by atoms with E-state index in [0.717, 1.165) is 24.0 Å². The van der Waals surface area contributed by atoms with Crippen LogP contribution in [0.15, 0.2) is 47.0 Å². The maximum atomic E-state index is 12.9. The van der Waals surface area contributed by atoms with Crippen molar-refractivity contribution in [2.24, 2.45) is 0 Å². The van der Waals surface area contributed by atoms with Gasteiger partial charge in [-0.3, -0.25) is 4.79 Å². The molecule has 0 radical (unpaired) electrons. The number of nitrogens with zero attached hydrogens (tertiary/aromatic N) is 3. The van der Waals surface area contributed by atoms with Crippen LogP contribution in [0.1, 0.15) is 40.7 Å². The van der Waals surface area contributed by atoms with Crippen molar-refractivity contribution >= 4 is 29.1 Å². The minimum absolute atomic E-state index is 0.119. The highest BCUT2D eigenvalue weighted by molar-refractivity contribution is 6.42. The molecule has 1 aliphatic heterocycles. The molecule has 5 nitrogen and oxygen atoms in total. The van der Waals surface area contributed by atoms with Crippen molar-refractivity contribution in [3.05, 3.63) is 69.5 Å². The molecule has 1 unspecified atom stereocenters. The Bertz CT molecular complexity index is 985. The summed E-state index contributed by atoms with van der Waals surface area (Å²) >= 11 is 12.0. The Balaban J connectivity index is 1.59. The molecule has 3 aromatic rings. The predicted octanol–water partition coefficient (Wildman–Crippen LogP) is 5.33. The molecule has 1 fully saturated rings. The second-order valence-electron chi connectivity index (χ2n) is 6.61. The summed E-state index contributed by atoms with van der Waals surface area (Å²) in [6.45, 7) is 2.66. The van der Waals surface area contributed by atoms with Crippen LogP contribution < -0.4 is 0 Å². The van der Waals surface area contributed by atoms with Gasteiger partial charge in [-0.05, 0) is 38.0 Å². The van der Waals surface area contributed by atoms with Crippen molar-refractivity contribution < 1.29 is 9.32 Å². The number of carbonyl (C=O) groups excluding carboxylic acids is 1. The van der Waals surface area contributed by atoms with Crippen LogP contribution in [0.25, 0.3) is 11.4 Å². The van der Waals surface area contributed by atoms with Crippen molar-refractivity contribution in [1.82, 2.24) is 15.0 Å².